The van der Waals surface area contributed by atoms with Crippen molar-refractivity contribution < 1.29 is 4.79 Å². The predicted octanol–water partition coefficient (Wildman–Crippen LogP) is 1.87. The molecule has 2 unspecified atom stereocenters. The number of aliphatic imine (C=N–C) groups is 1. The number of nitrogens with zero attached hydrogens (tertiary/aromatic N) is 3. The second-order valence-corrected chi connectivity index (χ2v) is 5.66. The van der Waals surface area contributed by atoms with Crippen LogP contribution in [-0.2, 0) is 4.79 Å². The van der Waals surface area contributed by atoms with Crippen molar-refractivity contribution in [2.45, 2.75) is 24.8 Å². The van der Waals surface area contributed by atoms with Gasteiger partial charge in [0.25, 0.3) is 5.91 Å². The molecule has 0 radical (unpaired) electrons. The number of para-hydroxylation sites is 1. The van der Waals surface area contributed by atoms with E-state index in [9.17, 15) is 4.79 Å². The monoisotopic (exact) mass is 257 g/mol. The van der Waals surface area contributed by atoms with Crippen molar-refractivity contribution >= 4 is 17.4 Å². The minimum atomic E-state index is -0.509. The molecule has 0 saturated heterocycles. The first-order valence-corrected chi connectivity index (χ1v) is 6.58. The number of anilines is 1. The summed E-state index contributed by atoms with van der Waals surface area (Å²) >= 11 is 0. The van der Waals surface area contributed by atoms with Gasteiger partial charge in [0.2, 0.25) is 0 Å². The van der Waals surface area contributed by atoms with Crippen LogP contribution < -0.4 is 4.90 Å². The Kier molecular flexibility index (Phi) is 2.46. The van der Waals surface area contributed by atoms with Gasteiger partial charge in [0.15, 0.2) is 0 Å². The Hall–Kier alpha value is -1.84. The van der Waals surface area contributed by atoms with E-state index in [0.29, 0.717) is 0 Å². The lowest BCUT2D eigenvalue weighted by atomic mass is 10.0. The minimum Gasteiger partial charge on any atom is -0.377 e. The molecule has 1 fully saturated rings. The van der Waals surface area contributed by atoms with E-state index in [2.05, 4.69) is 22.0 Å². The van der Waals surface area contributed by atoms with Crippen molar-refractivity contribution in [1.29, 1.82) is 0 Å². The minimum absolute atomic E-state index is 0.142. The fraction of sp³-hybridized carbons (Fsp3) is 0.467. The lowest BCUT2D eigenvalue weighted by Crippen LogP contribution is -2.32. The molecule has 3 rings (SSSR count). The van der Waals surface area contributed by atoms with E-state index >= 15 is 0 Å². The first-order valence-electron chi connectivity index (χ1n) is 6.58. The first kappa shape index (κ1) is 12.2. The van der Waals surface area contributed by atoms with Crippen LogP contribution in [0.3, 0.4) is 0 Å². The van der Waals surface area contributed by atoms with E-state index in [1.807, 2.05) is 40.2 Å². The summed E-state index contributed by atoms with van der Waals surface area (Å²) in [5.41, 5.74) is 1.90. The maximum atomic E-state index is 12.4. The van der Waals surface area contributed by atoms with E-state index in [1.54, 1.807) is 4.90 Å². The summed E-state index contributed by atoms with van der Waals surface area (Å²) in [4.78, 5) is 20.8. The molecule has 2 aliphatic rings. The average molecular weight is 257 g/mol. The van der Waals surface area contributed by atoms with Crippen LogP contribution in [0.2, 0.25) is 0 Å². The Labute approximate surface area is 113 Å². The van der Waals surface area contributed by atoms with Gasteiger partial charge < -0.3 is 9.80 Å². The van der Waals surface area contributed by atoms with Gasteiger partial charge in [0.05, 0.1) is 0 Å². The number of rotatable bonds is 2. The quantitative estimate of drug-likeness (QED) is 0.811. The summed E-state index contributed by atoms with van der Waals surface area (Å²) < 4.78 is 0. The summed E-state index contributed by atoms with van der Waals surface area (Å²) in [6.45, 7) is 1.90. The zero-order valence-electron chi connectivity index (χ0n) is 11.8. The fourth-order valence-corrected chi connectivity index (χ4v) is 3.02. The molecule has 4 heteroatoms. The molecule has 2 atom stereocenters. The van der Waals surface area contributed by atoms with Gasteiger partial charge in [-0.2, -0.15) is 0 Å². The summed E-state index contributed by atoms with van der Waals surface area (Å²) in [7, 11) is 5.87. The zero-order chi connectivity index (χ0) is 13.8. The molecule has 1 heterocycles. The number of benzene rings is 1. The second kappa shape index (κ2) is 3.83. The number of hydrogen-bond donors (Lipinski definition) is 0. The third kappa shape index (κ3) is 1.59. The Bertz CT molecular complexity index is 579. The molecule has 1 aliphatic heterocycles. The van der Waals surface area contributed by atoms with Gasteiger partial charge in [-0.1, -0.05) is 18.2 Å². The standard InChI is InChI=1S/C15H19N3O/c1-10-16-15(14(19)18(10)4)9-12(15)11-7-5-6-8-13(11)17(2)3/h5-8,12H,9H2,1-4H3. The molecule has 0 N–H and O–H groups in total. The van der Waals surface area contributed by atoms with Crippen molar-refractivity contribution in [3.8, 4) is 0 Å². The largest absolute Gasteiger partial charge is 0.377 e. The molecule has 1 amide bonds. The van der Waals surface area contributed by atoms with Crippen molar-refractivity contribution in [2.75, 3.05) is 26.0 Å². The summed E-state index contributed by atoms with van der Waals surface area (Å²) in [5.74, 6) is 1.19. The van der Waals surface area contributed by atoms with Gasteiger partial charge in [-0.3, -0.25) is 9.79 Å². The van der Waals surface area contributed by atoms with Crippen LogP contribution in [0.25, 0.3) is 0 Å². The molecular formula is C15H19N3O. The molecule has 1 spiro atoms. The third-order valence-electron chi connectivity index (χ3n) is 4.25. The van der Waals surface area contributed by atoms with Gasteiger partial charge in [-0.25, -0.2) is 0 Å². The first-order chi connectivity index (χ1) is 8.97. The van der Waals surface area contributed by atoms with Crippen LogP contribution in [0.5, 0.6) is 0 Å². The Balaban J connectivity index is 1.98. The molecule has 100 valence electrons. The number of carbonyl (C=O) groups excluding carboxylic acids is 1. The molecule has 0 aromatic heterocycles. The van der Waals surface area contributed by atoms with Crippen molar-refractivity contribution in [2.24, 2.45) is 4.99 Å². The number of amidine groups is 1. The molecule has 19 heavy (non-hydrogen) atoms. The molecule has 0 bridgehead atoms. The zero-order valence-corrected chi connectivity index (χ0v) is 11.8. The van der Waals surface area contributed by atoms with Crippen molar-refractivity contribution in [3.63, 3.8) is 0 Å². The van der Waals surface area contributed by atoms with Gasteiger partial charge in [0, 0.05) is 32.7 Å². The van der Waals surface area contributed by atoms with E-state index in [1.165, 1.54) is 11.3 Å². The highest BCUT2D eigenvalue weighted by Gasteiger charge is 2.65. The molecular weight excluding hydrogens is 238 g/mol. The third-order valence-corrected chi connectivity index (χ3v) is 4.25. The molecule has 1 aromatic carbocycles. The smallest absolute Gasteiger partial charge is 0.256 e. The Morgan fingerprint density at radius 3 is 2.63 bits per heavy atom. The van der Waals surface area contributed by atoms with E-state index < -0.39 is 5.54 Å². The second-order valence-electron chi connectivity index (χ2n) is 5.66. The van der Waals surface area contributed by atoms with E-state index in [4.69, 9.17) is 0 Å². The van der Waals surface area contributed by atoms with Gasteiger partial charge >= 0.3 is 0 Å². The van der Waals surface area contributed by atoms with Crippen LogP contribution >= 0.6 is 0 Å². The van der Waals surface area contributed by atoms with Gasteiger partial charge in [-0.05, 0) is 25.0 Å². The van der Waals surface area contributed by atoms with Crippen LogP contribution in [-0.4, -0.2) is 43.3 Å². The highest BCUT2D eigenvalue weighted by molar-refractivity contribution is 6.09. The number of hydrogen-bond acceptors (Lipinski definition) is 3. The summed E-state index contributed by atoms with van der Waals surface area (Å²) in [6.07, 6.45) is 0.832. The van der Waals surface area contributed by atoms with E-state index in [-0.39, 0.29) is 11.8 Å². The van der Waals surface area contributed by atoms with Crippen molar-refractivity contribution in [3.05, 3.63) is 29.8 Å². The summed E-state index contributed by atoms with van der Waals surface area (Å²) in [5, 5.41) is 0. The Morgan fingerprint density at radius 2 is 2.05 bits per heavy atom. The van der Waals surface area contributed by atoms with Gasteiger partial charge in [-0.15, -0.1) is 0 Å². The highest BCUT2D eigenvalue weighted by atomic mass is 16.2. The predicted molar refractivity (Wildman–Crippen MR) is 76.7 cm³/mol. The summed E-state index contributed by atoms with van der Waals surface area (Å²) in [6, 6.07) is 8.28. The molecule has 1 aliphatic carbocycles. The highest BCUT2D eigenvalue weighted by Crippen LogP contribution is 2.59. The maximum Gasteiger partial charge on any atom is 0.256 e. The van der Waals surface area contributed by atoms with Gasteiger partial charge in [0.1, 0.15) is 11.4 Å². The number of amides is 1. The molecule has 1 aromatic rings. The normalized spacial score (nSPS) is 28.8. The lowest BCUT2D eigenvalue weighted by Gasteiger charge is -2.18. The number of carbonyl (C=O) groups is 1. The number of likely N-dealkylation sites (N-methyl/N-ethyl adjacent to an activating group) is 1. The van der Waals surface area contributed by atoms with Crippen molar-refractivity contribution in [1.82, 2.24) is 4.90 Å². The fourth-order valence-electron chi connectivity index (χ4n) is 3.02. The van der Waals surface area contributed by atoms with Crippen LogP contribution in [0, 0.1) is 0 Å². The SMILES string of the molecule is CC1=NC2(CC2c2ccccc2N(C)C)C(=O)N1C. The maximum absolute atomic E-state index is 12.4. The average Bonchev–Trinajstić information content (AvgIpc) is 3.07. The van der Waals surface area contributed by atoms with Crippen LogP contribution in [0.4, 0.5) is 5.69 Å². The van der Waals surface area contributed by atoms with Crippen LogP contribution in [0.15, 0.2) is 29.3 Å². The molecule has 1 saturated carbocycles. The Morgan fingerprint density at radius 1 is 1.37 bits per heavy atom. The molecule has 4 nitrogen and oxygen atoms in total. The van der Waals surface area contributed by atoms with E-state index in [0.717, 1.165) is 12.3 Å². The lowest BCUT2D eigenvalue weighted by molar-refractivity contribution is -0.127. The van der Waals surface area contributed by atoms with Crippen LogP contribution in [0.1, 0.15) is 24.8 Å². The topological polar surface area (TPSA) is 35.9 Å².